The van der Waals surface area contributed by atoms with Crippen molar-refractivity contribution >= 4 is 0 Å². The zero-order chi connectivity index (χ0) is 13.0. The Labute approximate surface area is 107 Å². The second-order valence-corrected chi connectivity index (χ2v) is 4.22. The molecule has 2 nitrogen and oxygen atoms in total. The van der Waals surface area contributed by atoms with E-state index in [2.05, 4.69) is 19.1 Å². The van der Waals surface area contributed by atoms with Crippen LogP contribution in [-0.4, -0.2) is 7.11 Å². The minimum absolute atomic E-state index is 0.432. The molecule has 0 heterocycles. The van der Waals surface area contributed by atoms with Gasteiger partial charge in [-0.3, -0.25) is 0 Å². The topological polar surface area (TPSA) is 33.0 Å². The first-order chi connectivity index (χ1) is 8.74. The fraction of sp³-hybridized carbons (Fsp3) is 0.188. The van der Waals surface area contributed by atoms with E-state index < -0.39 is 0 Å². The quantitative estimate of drug-likeness (QED) is 0.814. The largest absolute Gasteiger partial charge is 0.497 e. The lowest BCUT2D eigenvalue weighted by Gasteiger charge is -2.09. The van der Waals surface area contributed by atoms with Crippen LogP contribution in [-0.2, 0) is 6.42 Å². The minimum Gasteiger partial charge on any atom is -0.497 e. The maximum absolute atomic E-state index is 8.87. The summed E-state index contributed by atoms with van der Waals surface area (Å²) >= 11 is 0. The molecule has 0 fully saturated rings. The molecule has 0 N–H and O–H groups in total. The van der Waals surface area contributed by atoms with Crippen LogP contribution in [0.3, 0.4) is 0 Å². The molecule has 0 atom stereocenters. The summed E-state index contributed by atoms with van der Waals surface area (Å²) in [5.41, 5.74) is 4.50. The fourth-order valence-electron chi connectivity index (χ4n) is 1.97. The third-order valence-corrected chi connectivity index (χ3v) is 2.94. The average molecular weight is 237 g/mol. The van der Waals surface area contributed by atoms with Crippen LogP contribution < -0.4 is 4.74 Å². The van der Waals surface area contributed by atoms with Gasteiger partial charge in [-0.25, -0.2) is 0 Å². The Bertz CT molecular complexity index is 579. The Balaban J connectivity index is 2.47. The zero-order valence-electron chi connectivity index (χ0n) is 10.6. The third-order valence-electron chi connectivity index (χ3n) is 2.94. The number of nitriles is 1. The number of methoxy groups -OCH3 is 1. The molecule has 2 aromatic carbocycles. The van der Waals surface area contributed by atoms with Gasteiger partial charge in [0.05, 0.1) is 19.6 Å². The first-order valence-corrected chi connectivity index (χ1v) is 5.85. The van der Waals surface area contributed by atoms with Gasteiger partial charge in [0.2, 0.25) is 0 Å². The predicted molar refractivity (Wildman–Crippen MR) is 72.5 cm³/mol. The van der Waals surface area contributed by atoms with Crippen molar-refractivity contribution in [2.24, 2.45) is 0 Å². The monoisotopic (exact) mass is 237 g/mol. The van der Waals surface area contributed by atoms with Crippen LogP contribution in [0.5, 0.6) is 5.75 Å². The highest BCUT2D eigenvalue weighted by Gasteiger charge is 2.05. The van der Waals surface area contributed by atoms with Crippen LogP contribution in [0, 0.1) is 18.3 Å². The van der Waals surface area contributed by atoms with Gasteiger partial charge < -0.3 is 4.74 Å². The summed E-state index contributed by atoms with van der Waals surface area (Å²) in [6, 6.07) is 16.3. The lowest BCUT2D eigenvalue weighted by molar-refractivity contribution is 0.415. The van der Waals surface area contributed by atoms with Crippen LogP contribution in [0.25, 0.3) is 11.1 Å². The van der Waals surface area contributed by atoms with Crippen molar-refractivity contribution in [2.75, 3.05) is 7.11 Å². The molecule has 0 bridgehead atoms. The van der Waals surface area contributed by atoms with Crippen LogP contribution in [0.1, 0.15) is 11.1 Å². The number of hydrogen-bond acceptors (Lipinski definition) is 2. The Morgan fingerprint density at radius 3 is 2.44 bits per heavy atom. The van der Waals surface area contributed by atoms with Crippen LogP contribution in [0.2, 0.25) is 0 Å². The molecule has 18 heavy (non-hydrogen) atoms. The maximum Gasteiger partial charge on any atom is 0.118 e. The van der Waals surface area contributed by atoms with Gasteiger partial charge >= 0.3 is 0 Å². The normalized spacial score (nSPS) is 9.83. The SMILES string of the molecule is COc1ccc(-c2cc(C)ccc2CC#N)cc1. The van der Waals surface area contributed by atoms with Crippen molar-refractivity contribution in [1.29, 1.82) is 5.26 Å². The van der Waals surface area contributed by atoms with E-state index in [0.717, 1.165) is 22.4 Å². The highest BCUT2D eigenvalue weighted by molar-refractivity contribution is 5.69. The van der Waals surface area contributed by atoms with Crippen molar-refractivity contribution in [3.8, 4) is 22.9 Å². The minimum atomic E-state index is 0.432. The first kappa shape index (κ1) is 12.2. The molecule has 0 saturated heterocycles. The summed E-state index contributed by atoms with van der Waals surface area (Å²) in [6.07, 6.45) is 0.432. The van der Waals surface area contributed by atoms with Gasteiger partial charge in [0.25, 0.3) is 0 Å². The summed E-state index contributed by atoms with van der Waals surface area (Å²) in [5, 5.41) is 8.87. The first-order valence-electron chi connectivity index (χ1n) is 5.85. The van der Waals surface area contributed by atoms with E-state index in [1.54, 1.807) is 7.11 Å². The van der Waals surface area contributed by atoms with E-state index >= 15 is 0 Å². The lowest BCUT2D eigenvalue weighted by atomic mass is 9.96. The van der Waals surface area contributed by atoms with Crippen molar-refractivity contribution in [2.45, 2.75) is 13.3 Å². The molecule has 0 amide bonds. The summed E-state index contributed by atoms with van der Waals surface area (Å²) in [7, 11) is 1.66. The number of nitrogens with zero attached hydrogens (tertiary/aromatic N) is 1. The van der Waals surface area contributed by atoms with E-state index in [0.29, 0.717) is 6.42 Å². The van der Waals surface area contributed by atoms with Gasteiger partial charge in [-0.15, -0.1) is 0 Å². The van der Waals surface area contributed by atoms with Gasteiger partial charge in [-0.2, -0.15) is 5.26 Å². The molecule has 0 spiro atoms. The second-order valence-electron chi connectivity index (χ2n) is 4.22. The zero-order valence-corrected chi connectivity index (χ0v) is 10.6. The smallest absolute Gasteiger partial charge is 0.118 e. The molecule has 0 saturated carbocycles. The van der Waals surface area contributed by atoms with E-state index in [1.807, 2.05) is 36.4 Å². The van der Waals surface area contributed by atoms with Crippen LogP contribution >= 0.6 is 0 Å². The highest BCUT2D eigenvalue weighted by atomic mass is 16.5. The van der Waals surface area contributed by atoms with Gasteiger partial charge in [0.15, 0.2) is 0 Å². The third kappa shape index (κ3) is 2.52. The van der Waals surface area contributed by atoms with Gasteiger partial charge in [0.1, 0.15) is 5.75 Å². The van der Waals surface area contributed by atoms with Gasteiger partial charge in [-0.05, 0) is 35.7 Å². The van der Waals surface area contributed by atoms with E-state index in [1.165, 1.54) is 5.56 Å². The number of hydrogen-bond donors (Lipinski definition) is 0. The second kappa shape index (κ2) is 5.37. The molecule has 0 radical (unpaired) electrons. The van der Waals surface area contributed by atoms with Crippen molar-refractivity contribution in [3.63, 3.8) is 0 Å². The number of ether oxygens (including phenoxy) is 1. The molecule has 0 aliphatic carbocycles. The van der Waals surface area contributed by atoms with Crippen LogP contribution in [0.15, 0.2) is 42.5 Å². The van der Waals surface area contributed by atoms with E-state index in [4.69, 9.17) is 10.00 Å². The molecular weight excluding hydrogens is 222 g/mol. The molecule has 2 heteroatoms. The Hall–Kier alpha value is -2.27. The number of rotatable bonds is 3. The number of aryl methyl sites for hydroxylation is 1. The molecule has 0 aliphatic heterocycles. The Morgan fingerprint density at radius 1 is 1.11 bits per heavy atom. The van der Waals surface area contributed by atoms with E-state index in [9.17, 15) is 0 Å². The summed E-state index contributed by atoms with van der Waals surface area (Å²) in [4.78, 5) is 0. The molecular formula is C16H15NO. The number of benzene rings is 2. The molecule has 2 rings (SSSR count). The van der Waals surface area contributed by atoms with Crippen LogP contribution in [0.4, 0.5) is 0 Å². The fourth-order valence-corrected chi connectivity index (χ4v) is 1.97. The predicted octanol–water partition coefficient (Wildman–Crippen LogP) is 3.74. The van der Waals surface area contributed by atoms with Gasteiger partial charge in [0, 0.05) is 0 Å². The molecule has 0 unspecified atom stereocenters. The highest BCUT2D eigenvalue weighted by Crippen LogP contribution is 2.27. The van der Waals surface area contributed by atoms with E-state index in [-0.39, 0.29) is 0 Å². The van der Waals surface area contributed by atoms with Crippen molar-refractivity contribution in [3.05, 3.63) is 53.6 Å². The summed E-state index contributed by atoms with van der Waals surface area (Å²) < 4.78 is 5.15. The molecule has 0 aliphatic rings. The molecule has 90 valence electrons. The average Bonchev–Trinajstić information content (AvgIpc) is 2.41. The van der Waals surface area contributed by atoms with Crippen molar-refractivity contribution in [1.82, 2.24) is 0 Å². The lowest BCUT2D eigenvalue weighted by Crippen LogP contribution is -1.90. The van der Waals surface area contributed by atoms with Crippen molar-refractivity contribution < 1.29 is 4.74 Å². The Morgan fingerprint density at radius 2 is 1.83 bits per heavy atom. The Kier molecular flexibility index (Phi) is 3.64. The summed E-state index contributed by atoms with van der Waals surface area (Å²) in [5.74, 6) is 0.841. The summed E-state index contributed by atoms with van der Waals surface area (Å²) in [6.45, 7) is 2.06. The molecule has 2 aromatic rings. The molecule has 0 aromatic heterocycles. The maximum atomic E-state index is 8.87. The standard InChI is InChI=1S/C16H15NO/c1-12-3-4-14(9-10-17)16(11-12)13-5-7-15(18-2)8-6-13/h3-8,11H,9H2,1-2H3. The van der Waals surface area contributed by atoms with Gasteiger partial charge in [-0.1, -0.05) is 35.9 Å².